The highest BCUT2D eigenvalue weighted by atomic mass is 15.2. The van der Waals surface area contributed by atoms with Crippen LogP contribution in [0.25, 0.3) is 0 Å². The molecule has 1 rings (SSSR count). The van der Waals surface area contributed by atoms with Crippen LogP contribution < -0.4 is 0 Å². The second-order valence-electron chi connectivity index (χ2n) is 5.05. The Kier molecular flexibility index (Phi) is 7.62. The lowest BCUT2D eigenvalue weighted by atomic mass is 10.1. The van der Waals surface area contributed by atoms with Crippen molar-refractivity contribution in [2.45, 2.75) is 25.7 Å². The fraction of sp³-hybridized carbons (Fsp3) is 0.667. The van der Waals surface area contributed by atoms with Crippen LogP contribution in [-0.2, 0) is 0 Å². The molecule has 0 amide bonds. The molecule has 0 bridgehead atoms. The lowest BCUT2D eigenvalue weighted by Gasteiger charge is -2.32. The van der Waals surface area contributed by atoms with Gasteiger partial charge in [0.15, 0.2) is 0 Å². The Hall–Kier alpha value is -0.930. The Labute approximate surface area is 112 Å². The maximum atomic E-state index is 3.79. The van der Waals surface area contributed by atoms with Gasteiger partial charge >= 0.3 is 0 Å². The average Bonchev–Trinajstić information content (AvgIpc) is 2.31. The first-order valence-electron chi connectivity index (χ1n) is 6.94. The van der Waals surface area contributed by atoms with Crippen molar-refractivity contribution in [3.63, 3.8) is 0 Å². The maximum Gasteiger partial charge on any atom is 0.0292 e. The van der Waals surface area contributed by atoms with Crippen molar-refractivity contribution >= 4 is 6.72 Å². The Bertz CT molecular complexity index is 279. The topological polar surface area (TPSA) is 18.8 Å². The number of rotatable bonds is 10. The fourth-order valence-electron chi connectivity index (χ4n) is 2.08. The van der Waals surface area contributed by atoms with Crippen LogP contribution in [0.3, 0.4) is 0 Å². The zero-order chi connectivity index (χ0) is 13.2. The van der Waals surface area contributed by atoms with Crippen LogP contribution in [0.5, 0.6) is 0 Å². The summed E-state index contributed by atoms with van der Waals surface area (Å²) >= 11 is 0. The molecule has 1 aliphatic rings. The highest BCUT2D eigenvalue weighted by Crippen LogP contribution is 2.09. The number of likely N-dealkylation sites (N-methyl/N-ethyl adjacent to an activating group) is 1. The molecule has 0 unspecified atom stereocenters. The van der Waals surface area contributed by atoms with Crippen molar-refractivity contribution in [2.75, 3.05) is 39.8 Å². The zero-order valence-corrected chi connectivity index (χ0v) is 11.8. The quantitative estimate of drug-likeness (QED) is 0.337. The Morgan fingerprint density at radius 3 is 2.67 bits per heavy atom. The molecule has 0 radical (unpaired) electrons. The van der Waals surface area contributed by atoms with Crippen LogP contribution in [0.15, 0.2) is 29.4 Å². The van der Waals surface area contributed by atoms with Crippen molar-refractivity contribution in [1.29, 1.82) is 0 Å². The van der Waals surface area contributed by atoms with Crippen molar-refractivity contribution < 1.29 is 0 Å². The molecule has 1 aliphatic heterocycles. The predicted molar refractivity (Wildman–Crippen MR) is 80.2 cm³/mol. The van der Waals surface area contributed by atoms with E-state index in [9.17, 15) is 0 Å². The van der Waals surface area contributed by atoms with Gasteiger partial charge in [0, 0.05) is 19.3 Å². The molecule has 102 valence electrons. The van der Waals surface area contributed by atoms with Gasteiger partial charge in [0.25, 0.3) is 0 Å². The molecule has 0 atom stereocenters. The van der Waals surface area contributed by atoms with E-state index >= 15 is 0 Å². The minimum absolute atomic E-state index is 1.06. The van der Waals surface area contributed by atoms with Crippen LogP contribution >= 0.6 is 0 Å². The van der Waals surface area contributed by atoms with E-state index in [1.807, 2.05) is 6.08 Å². The molecule has 3 heteroatoms. The highest BCUT2D eigenvalue weighted by molar-refractivity contribution is 5.28. The molecule has 1 heterocycles. The van der Waals surface area contributed by atoms with Gasteiger partial charge in [-0.3, -0.25) is 4.99 Å². The number of unbranched alkanes of at least 4 members (excludes halogenated alkanes) is 1. The van der Waals surface area contributed by atoms with Gasteiger partial charge in [0.1, 0.15) is 0 Å². The molecular weight excluding hydrogens is 222 g/mol. The van der Waals surface area contributed by atoms with Crippen molar-refractivity contribution in [1.82, 2.24) is 9.80 Å². The minimum atomic E-state index is 1.06. The van der Waals surface area contributed by atoms with Crippen LogP contribution in [0, 0.1) is 0 Å². The highest BCUT2D eigenvalue weighted by Gasteiger charge is 2.13. The molecule has 0 aliphatic carbocycles. The third-order valence-corrected chi connectivity index (χ3v) is 3.52. The van der Waals surface area contributed by atoms with Gasteiger partial charge in [-0.05, 0) is 64.7 Å². The molecule has 0 aromatic heterocycles. The second kappa shape index (κ2) is 9.06. The van der Waals surface area contributed by atoms with Crippen molar-refractivity contribution in [3.8, 4) is 0 Å². The fourth-order valence-corrected chi connectivity index (χ4v) is 2.08. The lowest BCUT2D eigenvalue weighted by Crippen LogP contribution is -2.41. The summed E-state index contributed by atoms with van der Waals surface area (Å²) in [5.41, 5.74) is 1.19. The van der Waals surface area contributed by atoms with Crippen LogP contribution in [0.1, 0.15) is 25.7 Å². The average molecular weight is 249 g/mol. The number of hydrogen-bond donors (Lipinski definition) is 0. The van der Waals surface area contributed by atoms with E-state index < -0.39 is 0 Å². The van der Waals surface area contributed by atoms with Gasteiger partial charge in [-0.1, -0.05) is 12.7 Å². The summed E-state index contributed by atoms with van der Waals surface area (Å²) in [5, 5.41) is 0. The van der Waals surface area contributed by atoms with E-state index in [0.717, 1.165) is 6.42 Å². The van der Waals surface area contributed by atoms with Gasteiger partial charge in [-0.2, -0.15) is 0 Å². The van der Waals surface area contributed by atoms with Gasteiger partial charge in [-0.15, -0.1) is 0 Å². The van der Waals surface area contributed by atoms with E-state index in [-0.39, 0.29) is 0 Å². The van der Waals surface area contributed by atoms with Gasteiger partial charge in [0.05, 0.1) is 0 Å². The maximum absolute atomic E-state index is 3.79. The van der Waals surface area contributed by atoms with E-state index in [1.54, 1.807) is 6.20 Å². The summed E-state index contributed by atoms with van der Waals surface area (Å²) in [4.78, 5) is 8.74. The standard InChI is InChI=1S/C15H27N3/c1-4-15(14-16-2)8-5-6-9-17(3)12-13-18-10-7-11-18/h4,14H,1-2,5-13H2,3H3/b15-14+. The third-order valence-electron chi connectivity index (χ3n) is 3.52. The molecule has 3 nitrogen and oxygen atoms in total. The molecule has 1 fully saturated rings. The first-order valence-corrected chi connectivity index (χ1v) is 6.94. The molecule has 0 aromatic carbocycles. The first-order chi connectivity index (χ1) is 8.76. The molecule has 0 spiro atoms. The summed E-state index contributed by atoms with van der Waals surface area (Å²) in [7, 11) is 2.22. The lowest BCUT2D eigenvalue weighted by molar-refractivity contribution is 0.157. The summed E-state index contributed by atoms with van der Waals surface area (Å²) in [6.45, 7) is 13.5. The molecule has 1 saturated heterocycles. The minimum Gasteiger partial charge on any atom is -0.305 e. The zero-order valence-electron chi connectivity index (χ0n) is 11.8. The van der Waals surface area contributed by atoms with Gasteiger partial charge < -0.3 is 9.80 Å². The van der Waals surface area contributed by atoms with Gasteiger partial charge in [-0.25, -0.2) is 0 Å². The number of nitrogens with zero attached hydrogens (tertiary/aromatic N) is 3. The Morgan fingerprint density at radius 1 is 1.33 bits per heavy atom. The normalized spacial score (nSPS) is 16.7. The summed E-state index contributed by atoms with van der Waals surface area (Å²) in [6, 6.07) is 0. The van der Waals surface area contributed by atoms with Crippen molar-refractivity contribution in [3.05, 3.63) is 24.4 Å². The summed E-state index contributed by atoms with van der Waals surface area (Å²) < 4.78 is 0. The molecule has 18 heavy (non-hydrogen) atoms. The van der Waals surface area contributed by atoms with Crippen LogP contribution in [-0.4, -0.2) is 56.3 Å². The third kappa shape index (κ3) is 6.12. The SMILES string of the molecule is C=C/C(=C\N=C)CCCCN(C)CCN1CCC1. The van der Waals surface area contributed by atoms with Crippen LogP contribution in [0.4, 0.5) is 0 Å². The molecule has 0 aromatic rings. The number of hydrogen-bond acceptors (Lipinski definition) is 3. The second-order valence-corrected chi connectivity index (χ2v) is 5.05. The summed E-state index contributed by atoms with van der Waals surface area (Å²) in [5.74, 6) is 0. The van der Waals surface area contributed by atoms with E-state index in [2.05, 4.69) is 35.1 Å². The number of likely N-dealkylation sites (tertiary alicyclic amines) is 1. The largest absolute Gasteiger partial charge is 0.305 e. The van der Waals surface area contributed by atoms with E-state index in [1.165, 1.54) is 57.6 Å². The number of aliphatic imine (C=N–C) groups is 1. The Morgan fingerprint density at radius 2 is 2.11 bits per heavy atom. The Balaban J connectivity index is 2.00. The van der Waals surface area contributed by atoms with E-state index in [0.29, 0.717) is 0 Å². The molecule has 0 N–H and O–H groups in total. The van der Waals surface area contributed by atoms with Crippen LogP contribution in [0.2, 0.25) is 0 Å². The predicted octanol–water partition coefficient (Wildman–Crippen LogP) is 2.56. The smallest absolute Gasteiger partial charge is 0.0292 e. The first kappa shape index (κ1) is 15.1. The monoisotopic (exact) mass is 249 g/mol. The molecular formula is C15H27N3. The van der Waals surface area contributed by atoms with E-state index in [4.69, 9.17) is 0 Å². The van der Waals surface area contributed by atoms with Crippen molar-refractivity contribution in [2.24, 2.45) is 4.99 Å². The molecule has 0 saturated carbocycles. The number of allylic oxidation sites excluding steroid dienone is 2. The summed E-state index contributed by atoms with van der Waals surface area (Å²) in [6.07, 6.45) is 8.56. The van der Waals surface area contributed by atoms with Gasteiger partial charge in [0.2, 0.25) is 0 Å².